The number of hydrogen-bond acceptors (Lipinski definition) is 3. The molecule has 2 heterocycles. The molecule has 0 radical (unpaired) electrons. The SMILES string of the molecule is CC1CCN(C(=O)c2cccc(S(=O)(=O)N3c4ccccc4CC3C)c2)CC1. The molecule has 2 aliphatic rings. The van der Waals surface area contributed by atoms with Crippen molar-refractivity contribution in [2.24, 2.45) is 5.92 Å². The molecule has 1 atom stereocenters. The summed E-state index contributed by atoms with van der Waals surface area (Å²) in [6.45, 7) is 5.58. The van der Waals surface area contributed by atoms with Gasteiger partial charge in [-0.25, -0.2) is 8.42 Å². The van der Waals surface area contributed by atoms with Crippen LogP contribution in [0.4, 0.5) is 5.69 Å². The molecule has 2 aliphatic heterocycles. The summed E-state index contributed by atoms with van der Waals surface area (Å²) in [4.78, 5) is 14.9. The number of nitrogens with zero attached hydrogens (tertiary/aromatic N) is 2. The fraction of sp³-hybridized carbons (Fsp3) is 0.409. The first-order valence-electron chi connectivity index (χ1n) is 9.89. The Balaban J connectivity index is 1.65. The van der Waals surface area contributed by atoms with Gasteiger partial charge in [0.25, 0.3) is 15.9 Å². The van der Waals surface area contributed by atoms with E-state index in [1.54, 1.807) is 18.2 Å². The topological polar surface area (TPSA) is 57.7 Å². The van der Waals surface area contributed by atoms with Crippen molar-refractivity contribution in [2.75, 3.05) is 17.4 Å². The first kappa shape index (κ1) is 19.0. The number of likely N-dealkylation sites (tertiary alicyclic amines) is 1. The maximum absolute atomic E-state index is 13.4. The van der Waals surface area contributed by atoms with Crippen LogP contribution in [0.2, 0.25) is 0 Å². The molecule has 2 aromatic rings. The summed E-state index contributed by atoms with van der Waals surface area (Å²) in [6.07, 6.45) is 2.68. The average Bonchev–Trinajstić information content (AvgIpc) is 3.04. The minimum atomic E-state index is -3.73. The summed E-state index contributed by atoms with van der Waals surface area (Å²) in [7, 11) is -3.73. The molecule has 1 fully saturated rings. The van der Waals surface area contributed by atoms with Crippen molar-refractivity contribution < 1.29 is 13.2 Å². The fourth-order valence-electron chi connectivity index (χ4n) is 4.20. The third-order valence-corrected chi connectivity index (χ3v) is 7.78. The van der Waals surface area contributed by atoms with E-state index in [-0.39, 0.29) is 16.8 Å². The van der Waals surface area contributed by atoms with E-state index < -0.39 is 10.0 Å². The maximum atomic E-state index is 13.4. The third kappa shape index (κ3) is 3.30. The molecule has 0 aromatic heterocycles. The van der Waals surface area contributed by atoms with E-state index in [1.807, 2.05) is 36.1 Å². The molecule has 1 unspecified atom stereocenters. The van der Waals surface area contributed by atoms with Crippen LogP contribution < -0.4 is 4.31 Å². The van der Waals surface area contributed by atoms with Crippen LogP contribution in [0.25, 0.3) is 0 Å². The molecule has 28 heavy (non-hydrogen) atoms. The number of hydrogen-bond donors (Lipinski definition) is 0. The monoisotopic (exact) mass is 398 g/mol. The van der Waals surface area contributed by atoms with Crippen LogP contribution in [-0.2, 0) is 16.4 Å². The van der Waals surface area contributed by atoms with Gasteiger partial charge < -0.3 is 4.90 Å². The molecule has 5 nitrogen and oxygen atoms in total. The Hall–Kier alpha value is -2.34. The molecule has 0 aliphatic carbocycles. The van der Waals surface area contributed by atoms with Gasteiger partial charge in [0, 0.05) is 24.7 Å². The van der Waals surface area contributed by atoms with Crippen LogP contribution in [0.3, 0.4) is 0 Å². The highest BCUT2D eigenvalue weighted by Gasteiger charge is 2.36. The lowest BCUT2D eigenvalue weighted by atomic mass is 9.98. The lowest BCUT2D eigenvalue weighted by Gasteiger charge is -2.30. The van der Waals surface area contributed by atoms with Crippen molar-refractivity contribution in [1.29, 1.82) is 0 Å². The van der Waals surface area contributed by atoms with Crippen molar-refractivity contribution in [3.05, 3.63) is 59.7 Å². The zero-order valence-electron chi connectivity index (χ0n) is 16.3. The van der Waals surface area contributed by atoms with E-state index >= 15 is 0 Å². The quantitative estimate of drug-likeness (QED) is 0.792. The van der Waals surface area contributed by atoms with Crippen molar-refractivity contribution in [2.45, 2.75) is 44.0 Å². The maximum Gasteiger partial charge on any atom is 0.264 e. The van der Waals surface area contributed by atoms with Gasteiger partial charge in [-0.05, 0) is 61.9 Å². The number of fused-ring (bicyclic) bond motifs is 1. The van der Waals surface area contributed by atoms with Gasteiger partial charge in [0.05, 0.1) is 10.6 Å². The van der Waals surface area contributed by atoms with Gasteiger partial charge >= 0.3 is 0 Å². The Kier molecular flexibility index (Phi) is 4.91. The number of sulfonamides is 1. The zero-order valence-corrected chi connectivity index (χ0v) is 17.2. The molecular weight excluding hydrogens is 372 g/mol. The standard InChI is InChI=1S/C22H26N2O3S/c1-16-10-12-23(13-11-16)22(25)19-7-5-8-20(15-19)28(26,27)24-17(2)14-18-6-3-4-9-21(18)24/h3-9,15-17H,10-14H2,1-2H3. The van der Waals surface area contributed by atoms with Gasteiger partial charge in [0.15, 0.2) is 0 Å². The number of carbonyl (C=O) groups is 1. The Morgan fingerprint density at radius 1 is 1.00 bits per heavy atom. The Bertz CT molecular complexity index is 994. The number of rotatable bonds is 3. The van der Waals surface area contributed by atoms with E-state index in [2.05, 4.69) is 6.92 Å². The molecule has 0 spiro atoms. The minimum absolute atomic E-state index is 0.0844. The molecule has 148 valence electrons. The Morgan fingerprint density at radius 2 is 1.71 bits per heavy atom. The normalized spacial score (nSPS) is 20.3. The largest absolute Gasteiger partial charge is 0.339 e. The van der Waals surface area contributed by atoms with E-state index in [9.17, 15) is 13.2 Å². The lowest BCUT2D eigenvalue weighted by molar-refractivity contribution is 0.0697. The van der Waals surface area contributed by atoms with Crippen molar-refractivity contribution >= 4 is 21.6 Å². The van der Waals surface area contributed by atoms with E-state index in [1.165, 1.54) is 10.4 Å². The first-order valence-corrected chi connectivity index (χ1v) is 11.3. The molecule has 0 N–H and O–H groups in total. The van der Waals surface area contributed by atoms with Gasteiger partial charge in [-0.2, -0.15) is 0 Å². The molecule has 1 amide bonds. The van der Waals surface area contributed by atoms with Crippen LogP contribution in [0, 0.1) is 5.92 Å². The van der Waals surface area contributed by atoms with Gasteiger partial charge in [-0.15, -0.1) is 0 Å². The minimum Gasteiger partial charge on any atom is -0.339 e. The number of benzene rings is 2. The summed E-state index contributed by atoms with van der Waals surface area (Å²) in [5, 5.41) is 0. The van der Waals surface area contributed by atoms with Gasteiger partial charge in [0.1, 0.15) is 0 Å². The number of piperidine rings is 1. The number of anilines is 1. The summed E-state index contributed by atoms with van der Waals surface area (Å²) in [5.74, 6) is 0.548. The molecule has 4 rings (SSSR count). The predicted octanol–water partition coefficient (Wildman–Crippen LogP) is 3.70. The van der Waals surface area contributed by atoms with Crippen molar-refractivity contribution in [1.82, 2.24) is 4.90 Å². The predicted molar refractivity (Wildman–Crippen MR) is 110 cm³/mol. The van der Waals surface area contributed by atoms with Crippen molar-refractivity contribution in [3.8, 4) is 0 Å². The summed E-state index contributed by atoms with van der Waals surface area (Å²) >= 11 is 0. The molecule has 0 saturated carbocycles. The second kappa shape index (κ2) is 7.24. The Labute approximate surface area is 167 Å². The van der Waals surface area contributed by atoms with E-state index in [0.29, 0.717) is 17.9 Å². The second-order valence-electron chi connectivity index (χ2n) is 7.99. The highest BCUT2D eigenvalue weighted by Crippen LogP contribution is 2.36. The number of amides is 1. The molecular formula is C22H26N2O3S. The van der Waals surface area contributed by atoms with Gasteiger partial charge in [0.2, 0.25) is 0 Å². The summed E-state index contributed by atoms with van der Waals surface area (Å²) in [5.41, 5.74) is 2.21. The van der Waals surface area contributed by atoms with Crippen LogP contribution in [0.1, 0.15) is 42.6 Å². The van der Waals surface area contributed by atoms with E-state index in [0.717, 1.165) is 37.2 Å². The van der Waals surface area contributed by atoms with Gasteiger partial charge in [-0.1, -0.05) is 31.2 Å². The highest BCUT2D eigenvalue weighted by molar-refractivity contribution is 7.92. The van der Waals surface area contributed by atoms with Crippen LogP contribution in [-0.4, -0.2) is 38.4 Å². The van der Waals surface area contributed by atoms with Gasteiger partial charge in [-0.3, -0.25) is 9.10 Å². The Morgan fingerprint density at radius 3 is 2.46 bits per heavy atom. The highest BCUT2D eigenvalue weighted by atomic mass is 32.2. The summed E-state index contributed by atoms with van der Waals surface area (Å²) < 4.78 is 28.3. The summed E-state index contributed by atoms with van der Waals surface area (Å²) in [6, 6.07) is 13.9. The lowest BCUT2D eigenvalue weighted by Crippen LogP contribution is -2.38. The third-order valence-electron chi connectivity index (χ3n) is 5.85. The molecule has 0 bridgehead atoms. The number of carbonyl (C=O) groups excluding carboxylic acids is 1. The van der Waals surface area contributed by atoms with Crippen LogP contribution in [0.5, 0.6) is 0 Å². The first-order chi connectivity index (χ1) is 13.4. The number of para-hydroxylation sites is 1. The molecule has 6 heteroatoms. The average molecular weight is 399 g/mol. The smallest absolute Gasteiger partial charge is 0.264 e. The molecule has 2 aromatic carbocycles. The molecule has 1 saturated heterocycles. The fourth-order valence-corrected chi connectivity index (χ4v) is 5.94. The van der Waals surface area contributed by atoms with Crippen LogP contribution >= 0.6 is 0 Å². The van der Waals surface area contributed by atoms with Crippen molar-refractivity contribution in [3.63, 3.8) is 0 Å². The van der Waals surface area contributed by atoms with Crippen LogP contribution in [0.15, 0.2) is 53.4 Å². The van der Waals surface area contributed by atoms with E-state index in [4.69, 9.17) is 0 Å². The second-order valence-corrected chi connectivity index (χ2v) is 9.80. The zero-order chi connectivity index (χ0) is 19.9.